The molecule has 7 nitrogen and oxygen atoms in total. The van der Waals surface area contributed by atoms with E-state index in [0.29, 0.717) is 9.92 Å². The fourth-order valence-electron chi connectivity index (χ4n) is 2.82. The lowest BCUT2D eigenvalue weighted by Gasteiger charge is -2.13. The van der Waals surface area contributed by atoms with Crippen molar-refractivity contribution in [1.29, 1.82) is 0 Å². The highest BCUT2D eigenvalue weighted by Gasteiger charge is 2.33. The van der Waals surface area contributed by atoms with Crippen LogP contribution in [0.3, 0.4) is 0 Å². The van der Waals surface area contributed by atoms with Crippen LogP contribution in [0.5, 0.6) is 11.5 Å². The zero-order valence-corrected chi connectivity index (χ0v) is 19.3. The van der Waals surface area contributed by atoms with Gasteiger partial charge in [-0.15, -0.1) is 0 Å². The van der Waals surface area contributed by atoms with Gasteiger partial charge in [0, 0.05) is 4.90 Å². The normalized spacial score (nSPS) is 11.0. The van der Waals surface area contributed by atoms with E-state index in [-0.39, 0.29) is 22.7 Å². The van der Waals surface area contributed by atoms with Gasteiger partial charge in [0.2, 0.25) is 0 Å². The molecule has 0 aliphatic carbocycles. The highest BCUT2D eigenvalue weighted by molar-refractivity contribution is 7.99. The smallest absolute Gasteiger partial charge is 0.417 e. The molecule has 1 aromatic heterocycles. The van der Waals surface area contributed by atoms with Gasteiger partial charge in [0.1, 0.15) is 22.1 Å². The van der Waals surface area contributed by atoms with Crippen molar-refractivity contribution in [2.45, 2.75) is 16.1 Å². The van der Waals surface area contributed by atoms with Crippen LogP contribution < -0.4 is 20.1 Å². The lowest BCUT2D eigenvalue weighted by atomic mass is 10.1. The Bertz CT molecular complexity index is 1180. The molecule has 34 heavy (non-hydrogen) atoms. The van der Waals surface area contributed by atoms with Gasteiger partial charge in [-0.1, -0.05) is 29.4 Å². The maximum Gasteiger partial charge on any atom is 0.417 e. The van der Waals surface area contributed by atoms with E-state index in [0.717, 1.165) is 17.8 Å². The number of carbonyl (C=O) groups excluding carboxylic acids is 2. The fourth-order valence-corrected chi connectivity index (χ4v) is 3.84. The Morgan fingerprint density at radius 3 is 2.26 bits per heavy atom. The number of urea groups is 1. The van der Waals surface area contributed by atoms with Gasteiger partial charge in [-0.25, -0.2) is 9.78 Å². The van der Waals surface area contributed by atoms with Gasteiger partial charge in [-0.05, 0) is 42.5 Å². The molecule has 2 N–H and O–H groups in total. The second-order valence-electron chi connectivity index (χ2n) is 6.57. The lowest BCUT2D eigenvalue weighted by molar-refractivity contribution is -0.137. The second kappa shape index (κ2) is 10.7. The first-order chi connectivity index (χ1) is 16.1. The number of hydrogen-bond donors (Lipinski definition) is 2. The predicted molar refractivity (Wildman–Crippen MR) is 121 cm³/mol. The van der Waals surface area contributed by atoms with Crippen LogP contribution >= 0.6 is 23.4 Å². The van der Waals surface area contributed by atoms with Crippen molar-refractivity contribution in [3.8, 4) is 11.5 Å². The van der Waals surface area contributed by atoms with E-state index < -0.39 is 28.7 Å². The van der Waals surface area contributed by atoms with Crippen LogP contribution in [-0.2, 0) is 6.18 Å². The van der Waals surface area contributed by atoms with E-state index in [4.69, 9.17) is 21.1 Å². The predicted octanol–water partition coefficient (Wildman–Crippen LogP) is 5.88. The molecule has 0 radical (unpaired) electrons. The number of methoxy groups -OCH3 is 2. The van der Waals surface area contributed by atoms with Crippen LogP contribution in [0.1, 0.15) is 15.9 Å². The monoisotopic (exact) mass is 511 g/mol. The van der Waals surface area contributed by atoms with Crippen molar-refractivity contribution in [1.82, 2.24) is 10.3 Å². The molecule has 0 spiro atoms. The summed E-state index contributed by atoms with van der Waals surface area (Å²) in [6.07, 6.45) is -3.27. The van der Waals surface area contributed by atoms with Gasteiger partial charge in [-0.2, -0.15) is 13.2 Å². The minimum absolute atomic E-state index is 0.0497. The number of amides is 3. The lowest BCUT2D eigenvalue weighted by Crippen LogP contribution is -2.34. The Morgan fingerprint density at radius 2 is 1.71 bits per heavy atom. The van der Waals surface area contributed by atoms with E-state index in [9.17, 15) is 22.8 Å². The molecule has 1 heterocycles. The van der Waals surface area contributed by atoms with E-state index in [1.54, 1.807) is 18.2 Å². The van der Waals surface area contributed by atoms with Crippen molar-refractivity contribution < 1.29 is 32.2 Å². The molecule has 0 saturated carbocycles. The summed E-state index contributed by atoms with van der Waals surface area (Å²) in [6.45, 7) is 0. The number of carbonyl (C=O) groups is 2. The molecule has 0 fully saturated rings. The van der Waals surface area contributed by atoms with Gasteiger partial charge in [0.05, 0.1) is 36.7 Å². The van der Waals surface area contributed by atoms with Gasteiger partial charge in [0.25, 0.3) is 5.91 Å². The molecule has 0 aliphatic rings. The number of halogens is 4. The molecule has 3 amide bonds. The number of pyridine rings is 1. The average Bonchev–Trinajstić information content (AvgIpc) is 2.80. The molecular weight excluding hydrogens is 495 g/mol. The maximum atomic E-state index is 13.0. The second-order valence-corrected chi connectivity index (χ2v) is 8.07. The minimum atomic E-state index is -4.58. The highest BCUT2D eigenvalue weighted by Crippen LogP contribution is 2.38. The highest BCUT2D eigenvalue weighted by atomic mass is 35.5. The first-order valence-corrected chi connectivity index (χ1v) is 10.7. The van der Waals surface area contributed by atoms with Crippen molar-refractivity contribution in [3.63, 3.8) is 0 Å². The summed E-state index contributed by atoms with van der Waals surface area (Å²) in [6, 6.07) is 10.5. The first kappa shape index (κ1) is 25.2. The largest absolute Gasteiger partial charge is 0.496 e. The summed E-state index contributed by atoms with van der Waals surface area (Å²) < 4.78 is 49.4. The Labute approximate surface area is 201 Å². The molecule has 3 rings (SSSR count). The van der Waals surface area contributed by atoms with Gasteiger partial charge in [0.15, 0.2) is 0 Å². The Morgan fingerprint density at radius 1 is 1.03 bits per heavy atom. The van der Waals surface area contributed by atoms with E-state index in [1.807, 2.05) is 0 Å². The number of alkyl halides is 3. The zero-order chi connectivity index (χ0) is 24.9. The van der Waals surface area contributed by atoms with Crippen molar-refractivity contribution in [2.75, 3.05) is 19.5 Å². The molecule has 0 bridgehead atoms. The number of anilines is 1. The molecule has 2 aromatic carbocycles. The SMILES string of the molecule is COc1cccc(OC)c1C(=O)NC(=O)Nc1ccc(Sc2ccc(Cl)c(C(F)(F)F)c2)nc1. The van der Waals surface area contributed by atoms with Crippen LogP contribution in [0.25, 0.3) is 0 Å². The summed E-state index contributed by atoms with van der Waals surface area (Å²) in [7, 11) is 2.76. The first-order valence-electron chi connectivity index (χ1n) is 9.46. The zero-order valence-electron chi connectivity index (χ0n) is 17.7. The van der Waals surface area contributed by atoms with Crippen LogP contribution in [0.4, 0.5) is 23.7 Å². The number of hydrogen-bond acceptors (Lipinski definition) is 6. The van der Waals surface area contributed by atoms with Crippen LogP contribution in [-0.4, -0.2) is 31.1 Å². The average molecular weight is 512 g/mol. The third-order valence-electron chi connectivity index (χ3n) is 4.34. The molecule has 0 saturated heterocycles. The number of aromatic nitrogens is 1. The molecule has 3 aromatic rings. The Hall–Kier alpha value is -3.44. The summed E-state index contributed by atoms with van der Waals surface area (Å²) in [5.41, 5.74) is -0.632. The van der Waals surface area contributed by atoms with Gasteiger partial charge < -0.3 is 14.8 Å². The number of nitrogens with one attached hydrogen (secondary N) is 2. The van der Waals surface area contributed by atoms with Gasteiger partial charge in [-0.3, -0.25) is 10.1 Å². The topological polar surface area (TPSA) is 89.5 Å². The Kier molecular flexibility index (Phi) is 7.90. The summed E-state index contributed by atoms with van der Waals surface area (Å²) in [5.74, 6) is -0.290. The van der Waals surface area contributed by atoms with Crippen molar-refractivity contribution in [3.05, 3.63) is 70.9 Å². The number of nitrogens with zero attached hydrogens (tertiary/aromatic N) is 1. The summed E-state index contributed by atoms with van der Waals surface area (Å²) in [5, 5.41) is 4.62. The van der Waals surface area contributed by atoms with Crippen LogP contribution in [0.15, 0.2) is 64.6 Å². The maximum absolute atomic E-state index is 13.0. The molecule has 178 valence electrons. The third kappa shape index (κ3) is 6.12. The summed E-state index contributed by atoms with van der Waals surface area (Å²) >= 11 is 6.62. The molecule has 12 heteroatoms. The fraction of sp³-hybridized carbons (Fsp3) is 0.136. The molecule has 0 atom stereocenters. The van der Waals surface area contributed by atoms with Crippen molar-refractivity contribution in [2.24, 2.45) is 0 Å². The van der Waals surface area contributed by atoms with E-state index in [1.165, 1.54) is 44.7 Å². The number of benzene rings is 2. The van der Waals surface area contributed by atoms with Crippen LogP contribution in [0, 0.1) is 0 Å². The molecular formula is C22H17ClF3N3O4S. The molecule has 0 aliphatic heterocycles. The quantitative estimate of drug-likeness (QED) is 0.429. The number of ether oxygens (including phenoxy) is 2. The Balaban J connectivity index is 1.65. The summed E-state index contributed by atoms with van der Waals surface area (Å²) in [4.78, 5) is 29.2. The van der Waals surface area contributed by atoms with Crippen molar-refractivity contribution >= 4 is 41.0 Å². The standard InChI is InChI=1S/C22H17ClF3N3O4S/c1-32-16-4-3-5-17(33-2)19(16)20(30)29-21(31)28-12-6-9-18(27-11-12)34-13-7-8-15(23)14(10-13)22(24,25)26/h3-11H,1-2H3,(H2,28,29,30,31). The van der Waals surface area contributed by atoms with Gasteiger partial charge >= 0.3 is 12.2 Å². The number of rotatable bonds is 6. The minimum Gasteiger partial charge on any atom is -0.496 e. The van der Waals surface area contributed by atoms with E-state index >= 15 is 0 Å². The third-order valence-corrected chi connectivity index (χ3v) is 5.61. The van der Waals surface area contributed by atoms with Crippen LogP contribution in [0.2, 0.25) is 5.02 Å². The van der Waals surface area contributed by atoms with E-state index in [2.05, 4.69) is 15.6 Å². The molecule has 0 unspecified atom stereocenters. The number of imide groups is 1.